The first-order chi connectivity index (χ1) is 18.7. The summed E-state index contributed by atoms with van der Waals surface area (Å²) in [6, 6.07) is 23.4. The minimum Gasteiger partial charge on any atom is -0.508 e. The molecule has 1 amide bonds. The number of nitrogens with one attached hydrogen (secondary N) is 1. The van der Waals surface area contributed by atoms with Crippen molar-refractivity contribution < 1.29 is 42.6 Å². The van der Waals surface area contributed by atoms with E-state index < -0.39 is 0 Å². The predicted molar refractivity (Wildman–Crippen MR) is 187 cm³/mol. The molecule has 42 heavy (non-hydrogen) atoms. The standard InChI is InChI=1S/C12H17NO.C11H15.C8H9O.3C2H6.CH4.Y/c1-9(14)13-11-7-5-10(6-8-11)12(2,3)4;1-9-5-7-10(8-6-9)11(2,3)4;1-2-7-3-5-8(9)6-4-7;3*1-2;;/h5-8H,1-4H3,(H,13,14);5-8H,1H2,2-4H3;3-6,9H,1-2H2;3*1-2H3;1H4;/q;2*-1;;;;;. The molecule has 0 fully saturated rings. The summed E-state index contributed by atoms with van der Waals surface area (Å²) in [5, 5.41) is 11.6. The summed E-state index contributed by atoms with van der Waals surface area (Å²) >= 11 is 0. The summed E-state index contributed by atoms with van der Waals surface area (Å²) in [6.07, 6.45) is 0.778. The van der Waals surface area contributed by atoms with E-state index >= 15 is 0 Å². The van der Waals surface area contributed by atoms with Gasteiger partial charge in [-0.25, -0.2) is 0 Å². The SMILES string of the molecule is C.CC.CC.CC.CC(=O)Nc1ccc(C(C)(C)C)cc1.[CH2-]Cc1ccc(O)cc1.[CH2-]c1ccc(C(C)(C)C)cc1.[Y]. The number of hydrogen-bond donors (Lipinski definition) is 2. The average molecular weight is 655 g/mol. The summed E-state index contributed by atoms with van der Waals surface area (Å²) in [5.74, 6) is 0.278. The van der Waals surface area contributed by atoms with Gasteiger partial charge in [0.05, 0.1) is 0 Å². The molecule has 0 aliphatic rings. The second-order valence-corrected chi connectivity index (χ2v) is 10.4. The quantitative estimate of drug-likeness (QED) is 0.270. The molecule has 0 spiro atoms. The first kappa shape index (κ1) is 49.6. The van der Waals surface area contributed by atoms with Crippen molar-refractivity contribution in [3.63, 3.8) is 0 Å². The topological polar surface area (TPSA) is 49.3 Å². The Hall–Kier alpha value is -2.10. The van der Waals surface area contributed by atoms with Crippen molar-refractivity contribution >= 4 is 11.6 Å². The predicted octanol–water partition coefficient (Wildman–Crippen LogP) is 11.6. The molecule has 3 nitrogen and oxygen atoms in total. The molecule has 3 aromatic rings. The molecule has 0 unspecified atom stereocenters. The maximum Gasteiger partial charge on any atom is 0.221 e. The van der Waals surface area contributed by atoms with Crippen LogP contribution in [0, 0.1) is 13.8 Å². The number of phenols is 1. The van der Waals surface area contributed by atoms with Crippen LogP contribution in [-0.4, -0.2) is 11.0 Å². The van der Waals surface area contributed by atoms with Crippen LogP contribution in [0.15, 0.2) is 72.8 Å². The monoisotopic (exact) mass is 654 g/mol. The number of carbonyl (C=O) groups is 1. The number of benzene rings is 3. The Kier molecular flexibility index (Phi) is 32.7. The smallest absolute Gasteiger partial charge is 0.221 e. The molecule has 0 atom stereocenters. The first-order valence-corrected chi connectivity index (χ1v) is 14.6. The van der Waals surface area contributed by atoms with Gasteiger partial charge in [0.15, 0.2) is 0 Å². The third-order valence-corrected chi connectivity index (χ3v) is 5.12. The van der Waals surface area contributed by atoms with Crippen LogP contribution in [0.25, 0.3) is 0 Å². The van der Waals surface area contributed by atoms with Gasteiger partial charge in [0.25, 0.3) is 0 Å². The zero-order valence-corrected chi connectivity index (χ0v) is 31.3. The third-order valence-electron chi connectivity index (χ3n) is 5.12. The number of anilines is 1. The molecule has 1 radical (unpaired) electrons. The Morgan fingerprint density at radius 1 is 0.690 bits per heavy atom. The van der Waals surface area contributed by atoms with Gasteiger partial charge in [-0.2, -0.15) is 31.0 Å². The second kappa shape index (κ2) is 27.7. The Balaban J connectivity index is -0.000000148. The number of phenolic OH excluding ortho intramolecular Hbond substituents is 1. The third kappa shape index (κ3) is 24.5. The molecular formula is C38H63NO2Y-2. The number of aromatic hydroxyl groups is 1. The van der Waals surface area contributed by atoms with E-state index in [2.05, 4.69) is 85.0 Å². The van der Waals surface area contributed by atoms with E-state index in [-0.39, 0.29) is 56.9 Å². The van der Waals surface area contributed by atoms with Gasteiger partial charge in [-0.15, -0.1) is 12.1 Å². The molecular weight excluding hydrogens is 591 g/mol. The molecule has 3 rings (SSSR count). The first-order valence-electron chi connectivity index (χ1n) is 14.6. The normalized spacial score (nSPS) is 9.19. The molecule has 3 aromatic carbocycles. The van der Waals surface area contributed by atoms with Gasteiger partial charge in [-0.1, -0.05) is 126 Å². The molecule has 0 aliphatic heterocycles. The number of rotatable bonds is 2. The Morgan fingerprint density at radius 2 is 1.02 bits per heavy atom. The van der Waals surface area contributed by atoms with Crippen molar-refractivity contribution in [2.45, 2.75) is 115 Å². The Morgan fingerprint density at radius 3 is 1.31 bits per heavy atom. The maximum absolute atomic E-state index is 10.8. The molecule has 237 valence electrons. The summed E-state index contributed by atoms with van der Waals surface area (Å²) in [6.45, 7) is 34.2. The van der Waals surface area contributed by atoms with E-state index in [1.807, 2.05) is 77.9 Å². The van der Waals surface area contributed by atoms with E-state index in [0.29, 0.717) is 5.75 Å². The number of hydrogen-bond acceptors (Lipinski definition) is 2. The summed E-state index contributed by atoms with van der Waals surface area (Å²) < 4.78 is 0. The molecule has 0 aromatic heterocycles. The van der Waals surface area contributed by atoms with Crippen molar-refractivity contribution in [1.29, 1.82) is 0 Å². The fourth-order valence-electron chi connectivity index (χ4n) is 2.92. The second-order valence-electron chi connectivity index (χ2n) is 10.4. The van der Waals surface area contributed by atoms with Crippen LogP contribution in [-0.2, 0) is 54.8 Å². The molecule has 4 heteroatoms. The summed E-state index contributed by atoms with van der Waals surface area (Å²) in [5.41, 5.74) is 6.13. The maximum atomic E-state index is 10.8. The van der Waals surface area contributed by atoms with Gasteiger partial charge >= 0.3 is 0 Å². The van der Waals surface area contributed by atoms with Crippen molar-refractivity contribution in [2.75, 3.05) is 5.32 Å². The Bertz CT molecular complexity index is 995. The van der Waals surface area contributed by atoms with Crippen molar-refractivity contribution in [2.24, 2.45) is 0 Å². The van der Waals surface area contributed by atoms with E-state index in [0.717, 1.165) is 23.2 Å². The van der Waals surface area contributed by atoms with E-state index in [1.54, 1.807) is 12.1 Å². The Labute approximate surface area is 287 Å². The molecule has 0 heterocycles. The van der Waals surface area contributed by atoms with E-state index in [4.69, 9.17) is 5.11 Å². The van der Waals surface area contributed by atoms with Crippen LogP contribution >= 0.6 is 0 Å². The van der Waals surface area contributed by atoms with Crippen molar-refractivity contribution in [3.8, 4) is 5.75 Å². The van der Waals surface area contributed by atoms with Gasteiger partial charge in [0.2, 0.25) is 5.91 Å². The van der Waals surface area contributed by atoms with Gasteiger partial charge < -0.3 is 17.3 Å². The molecule has 0 saturated carbocycles. The van der Waals surface area contributed by atoms with E-state index in [1.165, 1.54) is 18.1 Å². The fourth-order valence-corrected chi connectivity index (χ4v) is 2.92. The minimum absolute atomic E-state index is 0. The van der Waals surface area contributed by atoms with Gasteiger partial charge in [-0.05, 0) is 40.7 Å². The van der Waals surface area contributed by atoms with Crippen LogP contribution in [0.2, 0.25) is 0 Å². The largest absolute Gasteiger partial charge is 0.508 e. The summed E-state index contributed by atoms with van der Waals surface area (Å²) in [7, 11) is 0. The zero-order chi connectivity index (χ0) is 31.9. The van der Waals surface area contributed by atoms with Crippen molar-refractivity contribution in [3.05, 3.63) is 109 Å². The van der Waals surface area contributed by atoms with Gasteiger partial charge in [0.1, 0.15) is 5.75 Å². The molecule has 0 aliphatic carbocycles. The van der Waals surface area contributed by atoms with Gasteiger partial charge in [-0.3, -0.25) is 4.79 Å². The van der Waals surface area contributed by atoms with Crippen LogP contribution in [0.1, 0.15) is 120 Å². The van der Waals surface area contributed by atoms with Crippen LogP contribution in [0.3, 0.4) is 0 Å². The van der Waals surface area contributed by atoms with Gasteiger partial charge in [0, 0.05) is 45.3 Å². The van der Waals surface area contributed by atoms with Crippen LogP contribution in [0.5, 0.6) is 5.75 Å². The number of amides is 1. The number of carbonyl (C=O) groups excluding carboxylic acids is 1. The zero-order valence-electron chi connectivity index (χ0n) is 28.5. The van der Waals surface area contributed by atoms with E-state index in [9.17, 15) is 4.79 Å². The van der Waals surface area contributed by atoms with Crippen LogP contribution in [0.4, 0.5) is 5.69 Å². The fraction of sp³-hybridized carbons (Fsp3) is 0.447. The average Bonchev–Trinajstić information content (AvgIpc) is 2.92. The van der Waals surface area contributed by atoms with Crippen LogP contribution < -0.4 is 5.32 Å². The summed E-state index contributed by atoms with van der Waals surface area (Å²) in [4.78, 5) is 10.8. The van der Waals surface area contributed by atoms with Crippen molar-refractivity contribution in [1.82, 2.24) is 0 Å². The molecule has 0 bridgehead atoms. The minimum atomic E-state index is -0.0338. The molecule has 2 N–H and O–H groups in total. The molecule has 0 saturated heterocycles.